The first-order valence-electron chi connectivity index (χ1n) is 4.57. The van der Waals surface area contributed by atoms with Crippen LogP contribution in [-0.2, 0) is 11.0 Å². The Labute approximate surface area is 102 Å². The molecular formula is C10H4F6NO2-. The molecular weight excluding hydrogens is 280 g/mol. The number of aromatic nitrogens is 1. The lowest BCUT2D eigenvalue weighted by Gasteiger charge is -2.14. The minimum Gasteiger partial charge on any atom is -0.872 e. The summed E-state index contributed by atoms with van der Waals surface area (Å²) in [7, 11) is 0. The molecule has 0 bridgehead atoms. The Morgan fingerprint density at radius 1 is 1.32 bits per heavy atom. The van der Waals surface area contributed by atoms with E-state index in [9.17, 15) is 36.2 Å². The number of pyridine rings is 1. The molecule has 0 aliphatic heterocycles. The molecule has 104 valence electrons. The van der Waals surface area contributed by atoms with Gasteiger partial charge in [-0.15, -0.1) is 0 Å². The third-order valence-corrected chi connectivity index (χ3v) is 1.86. The van der Waals surface area contributed by atoms with Crippen LogP contribution in [0.1, 0.15) is 11.3 Å². The zero-order valence-electron chi connectivity index (χ0n) is 8.84. The van der Waals surface area contributed by atoms with Gasteiger partial charge < -0.3 is 5.11 Å². The van der Waals surface area contributed by atoms with Gasteiger partial charge in [-0.2, -0.15) is 17.6 Å². The van der Waals surface area contributed by atoms with Gasteiger partial charge in [-0.05, 0) is 23.8 Å². The summed E-state index contributed by atoms with van der Waals surface area (Å²) in [5.41, 5.74) is -2.59. The number of allylic oxidation sites excluding steroid dienone is 1. The quantitative estimate of drug-likeness (QED) is 0.368. The van der Waals surface area contributed by atoms with Gasteiger partial charge in [-0.1, -0.05) is 5.76 Å². The van der Waals surface area contributed by atoms with E-state index in [2.05, 4.69) is 4.98 Å². The molecule has 0 N–H and O–H groups in total. The minimum absolute atomic E-state index is 0.0976. The Morgan fingerprint density at radius 2 is 1.89 bits per heavy atom. The van der Waals surface area contributed by atoms with E-state index in [-0.39, 0.29) is 12.1 Å². The predicted molar refractivity (Wildman–Crippen MR) is 48.2 cm³/mol. The molecule has 0 aliphatic rings. The van der Waals surface area contributed by atoms with Crippen LogP contribution in [0.5, 0.6) is 0 Å². The fraction of sp³-hybridized carbons (Fsp3) is 0.200. The van der Waals surface area contributed by atoms with Crippen molar-refractivity contribution in [3.8, 4) is 0 Å². The average molecular weight is 284 g/mol. The fourth-order valence-corrected chi connectivity index (χ4v) is 1.06. The van der Waals surface area contributed by atoms with Crippen LogP contribution >= 0.6 is 0 Å². The number of hydrogen-bond donors (Lipinski definition) is 0. The fourth-order valence-electron chi connectivity index (χ4n) is 1.06. The summed E-state index contributed by atoms with van der Waals surface area (Å²) in [6.45, 7) is 0. The number of halogens is 6. The van der Waals surface area contributed by atoms with Crippen molar-refractivity contribution < 1.29 is 36.2 Å². The molecule has 0 radical (unpaired) electrons. The van der Waals surface area contributed by atoms with E-state index in [0.29, 0.717) is 6.07 Å². The lowest BCUT2D eigenvalue weighted by atomic mass is 10.1. The lowest BCUT2D eigenvalue weighted by Crippen LogP contribution is -2.14. The molecule has 0 atom stereocenters. The third-order valence-electron chi connectivity index (χ3n) is 1.86. The second-order valence-electron chi connectivity index (χ2n) is 3.27. The van der Waals surface area contributed by atoms with Gasteiger partial charge in [0.2, 0.25) is 11.7 Å². The van der Waals surface area contributed by atoms with Crippen molar-refractivity contribution in [3.63, 3.8) is 0 Å². The van der Waals surface area contributed by atoms with E-state index < -0.39 is 41.3 Å². The van der Waals surface area contributed by atoms with Gasteiger partial charge in [-0.3, -0.25) is 4.79 Å². The zero-order chi connectivity index (χ0) is 14.8. The van der Waals surface area contributed by atoms with E-state index in [1.807, 2.05) is 0 Å². The normalized spacial score (nSPS) is 12.9. The minimum atomic E-state index is -5.01. The van der Waals surface area contributed by atoms with Gasteiger partial charge in [0.25, 0.3) is 6.43 Å². The van der Waals surface area contributed by atoms with Gasteiger partial charge in [0, 0.05) is 0 Å². The summed E-state index contributed by atoms with van der Waals surface area (Å²) in [6, 6.07) is 0.480. The molecule has 0 saturated heterocycles. The number of rotatable bonds is 3. The van der Waals surface area contributed by atoms with E-state index in [4.69, 9.17) is 0 Å². The van der Waals surface area contributed by atoms with Crippen molar-refractivity contribution >= 4 is 11.5 Å². The van der Waals surface area contributed by atoms with Crippen molar-refractivity contribution in [2.45, 2.75) is 12.6 Å². The number of nitrogens with zero attached hydrogens (tertiary/aromatic N) is 1. The average Bonchev–Trinajstić information content (AvgIpc) is 2.26. The molecule has 0 aromatic carbocycles. The van der Waals surface area contributed by atoms with Crippen LogP contribution in [0.3, 0.4) is 0 Å². The van der Waals surface area contributed by atoms with Crippen LogP contribution in [0.15, 0.2) is 18.2 Å². The molecule has 9 heteroatoms. The molecule has 1 heterocycles. The maximum absolute atomic E-state index is 12.8. The van der Waals surface area contributed by atoms with E-state index >= 15 is 0 Å². The van der Waals surface area contributed by atoms with E-state index in [0.717, 1.165) is 0 Å². The third kappa shape index (κ3) is 3.97. The second-order valence-corrected chi connectivity index (χ2v) is 3.27. The van der Waals surface area contributed by atoms with Crippen LogP contribution in [0.2, 0.25) is 0 Å². The van der Waals surface area contributed by atoms with Crippen LogP contribution in [0.4, 0.5) is 26.3 Å². The van der Waals surface area contributed by atoms with Gasteiger partial charge >= 0.3 is 6.18 Å². The number of alkyl halides is 5. The SMILES string of the molecule is O=C(/C=C(\[O-])c1cc(F)nc(C(F)(F)F)c1)C(F)F. The number of hydrogen-bond acceptors (Lipinski definition) is 3. The van der Waals surface area contributed by atoms with Crippen LogP contribution < -0.4 is 5.11 Å². The molecule has 0 amide bonds. The highest BCUT2D eigenvalue weighted by atomic mass is 19.4. The first kappa shape index (κ1) is 15.0. The summed E-state index contributed by atoms with van der Waals surface area (Å²) >= 11 is 0. The smallest absolute Gasteiger partial charge is 0.433 e. The van der Waals surface area contributed by atoms with Gasteiger partial charge in [-0.25, -0.2) is 13.8 Å². The number of ketones is 1. The maximum Gasteiger partial charge on any atom is 0.433 e. The predicted octanol–water partition coefficient (Wildman–Crippen LogP) is 1.77. The highest BCUT2D eigenvalue weighted by Crippen LogP contribution is 2.29. The Bertz CT molecular complexity index is 523. The number of carbonyl (C=O) groups is 1. The van der Waals surface area contributed by atoms with Crippen LogP contribution in [0, 0.1) is 5.95 Å². The van der Waals surface area contributed by atoms with Crippen molar-refractivity contribution in [3.05, 3.63) is 35.4 Å². The van der Waals surface area contributed by atoms with Crippen molar-refractivity contribution in [1.82, 2.24) is 4.98 Å². The van der Waals surface area contributed by atoms with Gasteiger partial charge in [0.1, 0.15) is 5.69 Å². The molecule has 1 rings (SSSR count). The topological polar surface area (TPSA) is 53.0 Å². The van der Waals surface area contributed by atoms with Crippen molar-refractivity contribution in [1.29, 1.82) is 0 Å². The maximum atomic E-state index is 12.8. The highest BCUT2D eigenvalue weighted by Gasteiger charge is 2.33. The van der Waals surface area contributed by atoms with E-state index in [1.165, 1.54) is 0 Å². The van der Waals surface area contributed by atoms with E-state index in [1.54, 1.807) is 0 Å². The highest BCUT2D eigenvalue weighted by molar-refractivity contribution is 5.97. The second kappa shape index (κ2) is 5.29. The molecule has 0 spiro atoms. The molecule has 1 aromatic heterocycles. The van der Waals surface area contributed by atoms with Gasteiger partial charge in [0.05, 0.1) is 0 Å². The molecule has 0 aliphatic carbocycles. The van der Waals surface area contributed by atoms with Gasteiger partial charge in [0.15, 0.2) is 0 Å². The lowest BCUT2D eigenvalue weighted by molar-refractivity contribution is -0.244. The largest absolute Gasteiger partial charge is 0.872 e. The number of carbonyl (C=O) groups excluding carboxylic acids is 1. The Kier molecular flexibility index (Phi) is 4.17. The van der Waals surface area contributed by atoms with Crippen molar-refractivity contribution in [2.75, 3.05) is 0 Å². The Hall–Kier alpha value is -2.06. The monoisotopic (exact) mass is 284 g/mol. The van der Waals surface area contributed by atoms with Crippen LogP contribution in [-0.4, -0.2) is 17.2 Å². The Morgan fingerprint density at radius 3 is 2.37 bits per heavy atom. The molecule has 1 aromatic rings. The molecule has 0 fully saturated rings. The molecule has 0 unspecified atom stereocenters. The molecule has 3 nitrogen and oxygen atoms in total. The zero-order valence-corrected chi connectivity index (χ0v) is 8.84. The Balaban J connectivity index is 3.21. The first-order valence-corrected chi connectivity index (χ1v) is 4.57. The molecule has 0 saturated carbocycles. The summed E-state index contributed by atoms with van der Waals surface area (Å²) in [6.07, 6.45) is -8.58. The summed E-state index contributed by atoms with van der Waals surface area (Å²) in [4.78, 5) is 13.0. The van der Waals surface area contributed by atoms with Crippen molar-refractivity contribution in [2.24, 2.45) is 0 Å². The summed E-state index contributed by atoms with van der Waals surface area (Å²) < 4.78 is 73.3. The standard InChI is InChI=1S/C10H5F6NO2/c11-8-2-4(1-7(17-8)10(14,15)16)5(18)3-6(19)9(12)13/h1-3,9,18H/p-1/b5-3-. The first-order chi connectivity index (χ1) is 8.61. The summed E-state index contributed by atoms with van der Waals surface area (Å²) in [5.74, 6) is -4.95. The summed E-state index contributed by atoms with van der Waals surface area (Å²) in [5, 5.41) is 11.2. The van der Waals surface area contributed by atoms with Crippen LogP contribution in [0.25, 0.3) is 5.76 Å². The molecule has 19 heavy (non-hydrogen) atoms.